The molecule has 0 spiro atoms. The maximum atomic E-state index is 13.6. The van der Waals surface area contributed by atoms with E-state index in [1.165, 1.54) is 36.4 Å². The molecule has 0 N–H and O–H groups in total. The number of carbonyl (C=O) groups is 1. The zero-order valence-electron chi connectivity index (χ0n) is 20.9. The number of esters is 1. The number of non-ortho nitro benzene ring substituents is 1. The van der Waals surface area contributed by atoms with Crippen molar-refractivity contribution >= 4 is 23.0 Å². The normalized spacial score (nSPS) is 18.4. The van der Waals surface area contributed by atoms with Gasteiger partial charge in [0.05, 0.1) is 40.2 Å². The predicted molar refractivity (Wildman–Crippen MR) is 136 cm³/mol. The number of rotatable bonds is 7. The first-order chi connectivity index (χ1) is 18.0. The molecule has 38 heavy (non-hydrogen) atoms. The van der Waals surface area contributed by atoms with Gasteiger partial charge in [-0.3, -0.25) is 10.1 Å². The van der Waals surface area contributed by atoms with Crippen LogP contribution in [0.4, 0.5) is 20.2 Å². The van der Waals surface area contributed by atoms with Gasteiger partial charge in [0.2, 0.25) is 0 Å². The Labute approximate surface area is 217 Å². The van der Waals surface area contributed by atoms with Crippen LogP contribution in [0.5, 0.6) is 0 Å². The van der Waals surface area contributed by atoms with Crippen molar-refractivity contribution in [3.63, 3.8) is 0 Å². The summed E-state index contributed by atoms with van der Waals surface area (Å²) < 4.78 is 34.8. The molecule has 0 saturated heterocycles. The first-order valence-corrected chi connectivity index (χ1v) is 11.7. The average Bonchev–Trinajstić information content (AvgIpc) is 3.42. The van der Waals surface area contributed by atoms with Crippen molar-refractivity contribution in [2.75, 3.05) is 11.9 Å². The van der Waals surface area contributed by atoms with Crippen LogP contribution >= 0.6 is 0 Å². The van der Waals surface area contributed by atoms with Gasteiger partial charge < -0.3 is 14.2 Å². The van der Waals surface area contributed by atoms with Gasteiger partial charge in [-0.15, -0.1) is 0 Å². The second kappa shape index (κ2) is 10.4. The lowest BCUT2D eigenvalue weighted by molar-refractivity contribution is -0.384. The summed E-state index contributed by atoms with van der Waals surface area (Å²) in [6.45, 7) is 3.97. The van der Waals surface area contributed by atoms with Crippen molar-refractivity contribution in [3.8, 4) is 6.07 Å². The van der Waals surface area contributed by atoms with Gasteiger partial charge in [-0.05, 0) is 48.2 Å². The number of nitro groups is 1. The van der Waals surface area contributed by atoms with Gasteiger partial charge in [-0.25, -0.2) is 18.6 Å². The van der Waals surface area contributed by atoms with Crippen molar-refractivity contribution in [1.82, 2.24) is 9.55 Å². The number of nitriles is 1. The summed E-state index contributed by atoms with van der Waals surface area (Å²) in [5.74, 6) is -0.632. The molecule has 196 valence electrons. The molecule has 4 rings (SSSR count). The Morgan fingerprint density at radius 3 is 2.58 bits per heavy atom. The Balaban J connectivity index is 1.68. The van der Waals surface area contributed by atoms with Crippen LogP contribution in [-0.2, 0) is 4.74 Å². The summed E-state index contributed by atoms with van der Waals surface area (Å²) in [5.41, 5.74) is 0.291. The van der Waals surface area contributed by atoms with E-state index >= 15 is 0 Å². The fourth-order valence-corrected chi connectivity index (χ4v) is 4.73. The van der Waals surface area contributed by atoms with E-state index in [9.17, 15) is 29.0 Å². The number of likely N-dealkylation sites (N-methyl/N-ethyl adjacent to an activating group) is 1. The first-order valence-electron chi connectivity index (χ1n) is 11.7. The SMILES string of the molecule is CN(c1ccc(C#N)c(C(F)F)c1)[C@@H]1C=C(n2ccnc2)[C@H](OC(=O)c2ccc([N+](=O)[O-])cc2)CC1(C)C. The fourth-order valence-electron chi connectivity index (χ4n) is 4.73. The average molecular weight is 522 g/mol. The summed E-state index contributed by atoms with van der Waals surface area (Å²) >= 11 is 0. The number of hydrogen-bond acceptors (Lipinski definition) is 7. The topological polar surface area (TPSA) is 114 Å². The zero-order valence-corrected chi connectivity index (χ0v) is 20.9. The van der Waals surface area contributed by atoms with E-state index < -0.39 is 28.8 Å². The van der Waals surface area contributed by atoms with E-state index in [4.69, 9.17) is 4.74 Å². The molecule has 0 aliphatic heterocycles. The van der Waals surface area contributed by atoms with Crippen molar-refractivity contribution in [3.05, 3.63) is 94.1 Å². The Morgan fingerprint density at radius 1 is 1.29 bits per heavy atom. The number of imidazole rings is 1. The Hall–Kier alpha value is -4.59. The Kier molecular flexibility index (Phi) is 7.26. The van der Waals surface area contributed by atoms with E-state index in [2.05, 4.69) is 4.98 Å². The molecule has 1 heterocycles. The number of aromatic nitrogens is 2. The van der Waals surface area contributed by atoms with Crippen LogP contribution in [0.3, 0.4) is 0 Å². The maximum absolute atomic E-state index is 13.6. The number of hydrogen-bond donors (Lipinski definition) is 0. The number of alkyl halides is 2. The smallest absolute Gasteiger partial charge is 0.338 e. The predicted octanol–water partition coefficient (Wildman–Crippen LogP) is 5.60. The highest BCUT2D eigenvalue weighted by Gasteiger charge is 2.42. The van der Waals surface area contributed by atoms with Gasteiger partial charge >= 0.3 is 5.97 Å². The molecule has 0 amide bonds. The number of nitro benzene ring substituents is 1. The van der Waals surface area contributed by atoms with Gasteiger partial charge in [0.25, 0.3) is 12.1 Å². The van der Waals surface area contributed by atoms with Crippen molar-refractivity contribution in [1.29, 1.82) is 5.26 Å². The molecule has 2 atom stereocenters. The van der Waals surface area contributed by atoms with Gasteiger partial charge in [-0.1, -0.05) is 13.8 Å². The second-order valence-electron chi connectivity index (χ2n) is 9.69. The molecule has 11 heteroatoms. The minimum absolute atomic E-state index is 0.0760. The minimum atomic E-state index is -2.79. The third-order valence-electron chi connectivity index (χ3n) is 6.75. The molecule has 0 fully saturated rings. The third kappa shape index (κ3) is 5.25. The quantitative estimate of drug-likeness (QED) is 0.226. The molecule has 2 aromatic carbocycles. The molecule has 0 unspecified atom stereocenters. The first kappa shape index (κ1) is 26.5. The molecule has 1 aromatic heterocycles. The molecule has 0 saturated carbocycles. The molecule has 0 radical (unpaired) electrons. The molecule has 1 aliphatic carbocycles. The van der Waals surface area contributed by atoms with E-state index in [0.29, 0.717) is 17.8 Å². The summed E-state index contributed by atoms with van der Waals surface area (Å²) in [6.07, 6.45) is 3.71. The lowest BCUT2D eigenvalue weighted by Gasteiger charge is -2.45. The van der Waals surface area contributed by atoms with E-state index in [1.807, 2.05) is 30.9 Å². The van der Waals surface area contributed by atoms with Gasteiger partial charge in [0.15, 0.2) is 0 Å². The molecule has 0 bridgehead atoms. The number of halogens is 2. The Bertz CT molecular complexity index is 1410. The number of benzene rings is 2. The van der Waals surface area contributed by atoms with Gasteiger partial charge in [0, 0.05) is 42.8 Å². The van der Waals surface area contributed by atoms with Crippen molar-refractivity contribution in [2.45, 2.75) is 38.8 Å². The lowest BCUT2D eigenvalue weighted by atomic mass is 9.73. The summed E-state index contributed by atoms with van der Waals surface area (Å²) in [7, 11) is 1.79. The van der Waals surface area contributed by atoms with Crippen LogP contribution < -0.4 is 4.90 Å². The minimum Gasteiger partial charge on any atom is -0.452 e. The standard InChI is InChI=1S/C27H25F2N5O4/c1-27(2)14-23(38-26(35)17-4-7-19(8-5-17)34(36)37)22(33-11-10-31-16-33)13-24(27)32(3)20-9-6-18(15-30)21(12-20)25(28)29/h4-13,16,23-25H,14H2,1-3H3/t23-,24-/m1/s1. The molecule has 1 aliphatic rings. The number of carbonyl (C=O) groups excluding carboxylic acids is 1. The van der Waals surface area contributed by atoms with Crippen LogP contribution in [0.2, 0.25) is 0 Å². The van der Waals surface area contributed by atoms with Crippen LogP contribution in [-0.4, -0.2) is 39.6 Å². The summed E-state index contributed by atoms with van der Waals surface area (Å²) in [6, 6.07) is 11.0. The van der Waals surface area contributed by atoms with E-state index in [-0.39, 0.29) is 28.4 Å². The van der Waals surface area contributed by atoms with Crippen LogP contribution in [0.15, 0.2) is 67.3 Å². The van der Waals surface area contributed by atoms with Gasteiger partial charge in [-0.2, -0.15) is 5.26 Å². The zero-order chi connectivity index (χ0) is 27.6. The fraction of sp³-hybridized carbons (Fsp3) is 0.296. The summed E-state index contributed by atoms with van der Waals surface area (Å²) in [5, 5.41) is 20.1. The van der Waals surface area contributed by atoms with Crippen molar-refractivity contribution in [2.24, 2.45) is 5.41 Å². The Morgan fingerprint density at radius 2 is 2.00 bits per heavy atom. The van der Waals surface area contributed by atoms with Gasteiger partial charge in [0.1, 0.15) is 6.10 Å². The molecular weight excluding hydrogens is 496 g/mol. The molecule has 3 aromatic rings. The lowest BCUT2D eigenvalue weighted by Crippen LogP contribution is -2.48. The number of anilines is 1. The van der Waals surface area contributed by atoms with E-state index in [1.54, 1.807) is 36.4 Å². The maximum Gasteiger partial charge on any atom is 0.338 e. The number of ether oxygens (including phenoxy) is 1. The van der Waals surface area contributed by atoms with E-state index in [0.717, 1.165) is 0 Å². The largest absolute Gasteiger partial charge is 0.452 e. The van der Waals surface area contributed by atoms with Crippen molar-refractivity contribution < 1.29 is 23.2 Å². The monoisotopic (exact) mass is 521 g/mol. The molecular formula is C27H25F2N5O4. The highest BCUT2D eigenvalue weighted by atomic mass is 19.3. The highest BCUT2D eigenvalue weighted by Crippen LogP contribution is 2.42. The highest BCUT2D eigenvalue weighted by molar-refractivity contribution is 5.90. The van der Waals surface area contributed by atoms with Crippen LogP contribution in [0, 0.1) is 26.9 Å². The third-order valence-corrected chi connectivity index (χ3v) is 6.75. The second-order valence-corrected chi connectivity index (χ2v) is 9.69. The molecule has 9 nitrogen and oxygen atoms in total. The number of nitrogens with zero attached hydrogens (tertiary/aromatic N) is 5. The summed E-state index contributed by atoms with van der Waals surface area (Å²) in [4.78, 5) is 29.3. The van der Waals surface area contributed by atoms with Crippen LogP contribution in [0.1, 0.15) is 48.2 Å². The van der Waals surface area contributed by atoms with Crippen LogP contribution in [0.25, 0.3) is 5.70 Å².